The second-order valence-electron chi connectivity index (χ2n) is 9.73. The van der Waals surface area contributed by atoms with Gasteiger partial charge in [-0.05, 0) is 31.2 Å². The third kappa shape index (κ3) is 4.25. The number of carbonyl (C=O) groups is 1. The van der Waals surface area contributed by atoms with Crippen molar-refractivity contribution in [2.24, 2.45) is 5.73 Å². The second kappa shape index (κ2) is 9.27. The Morgan fingerprint density at radius 1 is 1.08 bits per heavy atom. The lowest BCUT2D eigenvalue weighted by atomic mass is 10.0. The number of hydrogen-bond donors (Lipinski definition) is 1. The van der Waals surface area contributed by atoms with Crippen molar-refractivity contribution in [3.05, 3.63) is 42.0 Å². The van der Waals surface area contributed by atoms with Crippen LogP contribution in [0, 0.1) is 0 Å². The van der Waals surface area contributed by atoms with Crippen molar-refractivity contribution in [3.63, 3.8) is 0 Å². The molecule has 3 saturated heterocycles. The zero-order chi connectivity index (χ0) is 24.7. The quantitative estimate of drug-likeness (QED) is 0.586. The number of hydrogen-bond acceptors (Lipinski definition) is 9. The van der Waals surface area contributed by atoms with Gasteiger partial charge in [0.25, 0.3) is 0 Å². The Labute approximate surface area is 209 Å². The van der Waals surface area contributed by atoms with E-state index in [1.165, 1.54) is 0 Å². The number of primary amides is 1. The number of ether oxygens (including phenoxy) is 3. The summed E-state index contributed by atoms with van der Waals surface area (Å²) < 4.78 is 17.5. The number of nitrogens with zero attached hydrogens (tertiary/aromatic N) is 5. The summed E-state index contributed by atoms with van der Waals surface area (Å²) in [4.78, 5) is 31.1. The Balaban J connectivity index is 1.45. The Morgan fingerprint density at radius 3 is 2.81 bits per heavy atom. The molecule has 1 amide bonds. The van der Waals surface area contributed by atoms with Crippen LogP contribution in [-0.4, -0.2) is 85.2 Å². The van der Waals surface area contributed by atoms with Crippen molar-refractivity contribution >= 4 is 28.7 Å². The summed E-state index contributed by atoms with van der Waals surface area (Å²) in [6, 6.07) is 11.3. The summed E-state index contributed by atoms with van der Waals surface area (Å²) in [6.45, 7) is 7.45. The van der Waals surface area contributed by atoms with Crippen molar-refractivity contribution in [3.8, 4) is 11.3 Å². The Morgan fingerprint density at radius 2 is 2.00 bits per heavy atom. The number of fused-ring (bicyclic) bond motifs is 1. The summed E-state index contributed by atoms with van der Waals surface area (Å²) in [6.07, 6.45) is 0.864. The molecular weight excluding hydrogens is 460 g/mol. The first-order valence-electron chi connectivity index (χ1n) is 12.4. The molecule has 3 aromatic rings. The molecule has 0 saturated carbocycles. The number of nitrogens with two attached hydrogens (primary N) is 1. The minimum Gasteiger partial charge on any atom is -0.378 e. The summed E-state index contributed by atoms with van der Waals surface area (Å²) >= 11 is 0. The zero-order valence-corrected chi connectivity index (χ0v) is 20.4. The first-order valence-corrected chi connectivity index (χ1v) is 12.4. The highest BCUT2D eigenvalue weighted by Crippen LogP contribution is 2.33. The Kier molecular flexibility index (Phi) is 5.94. The van der Waals surface area contributed by atoms with E-state index >= 15 is 0 Å². The number of amides is 1. The number of morpholine rings is 2. The van der Waals surface area contributed by atoms with Gasteiger partial charge in [0, 0.05) is 37.2 Å². The molecule has 3 fully saturated rings. The molecule has 10 heteroatoms. The molecule has 6 rings (SSSR count). The number of aromatic nitrogens is 3. The van der Waals surface area contributed by atoms with E-state index in [9.17, 15) is 4.79 Å². The van der Waals surface area contributed by atoms with E-state index in [2.05, 4.69) is 16.7 Å². The summed E-state index contributed by atoms with van der Waals surface area (Å²) in [7, 11) is 0. The molecule has 0 radical (unpaired) electrons. The van der Waals surface area contributed by atoms with Gasteiger partial charge >= 0.3 is 0 Å². The van der Waals surface area contributed by atoms with Crippen LogP contribution in [-0.2, 0) is 14.2 Å². The van der Waals surface area contributed by atoms with Gasteiger partial charge in [-0.3, -0.25) is 4.79 Å². The van der Waals surface area contributed by atoms with Crippen LogP contribution < -0.4 is 15.5 Å². The molecule has 0 aliphatic carbocycles. The van der Waals surface area contributed by atoms with Crippen LogP contribution in [0.25, 0.3) is 22.3 Å². The predicted molar refractivity (Wildman–Crippen MR) is 135 cm³/mol. The maximum Gasteiger partial charge on any atom is 0.248 e. The normalized spacial score (nSPS) is 24.5. The largest absolute Gasteiger partial charge is 0.378 e. The molecule has 2 N–H and O–H groups in total. The standard InChI is InChI=1S/C26H30N6O4/c1-17-14-34-11-9-32(17)24-20-5-6-21(18-3-2-4-19(13-18)22(27)33)28-23(20)29-25(30-24)31-8-12-36-26(15-31)7-10-35-16-26/h2-6,13,17H,7-12,14-16H2,1H3,(H2,27,33)/t17-,26+/m0/s1. The fraction of sp³-hybridized carbons (Fsp3) is 0.462. The highest BCUT2D eigenvalue weighted by Gasteiger charge is 2.41. The highest BCUT2D eigenvalue weighted by molar-refractivity contribution is 5.94. The minimum atomic E-state index is -0.469. The Bertz CT molecular complexity index is 1290. The molecule has 3 aliphatic heterocycles. The summed E-state index contributed by atoms with van der Waals surface area (Å²) in [5, 5.41) is 0.884. The van der Waals surface area contributed by atoms with Gasteiger partial charge in [-0.25, -0.2) is 4.98 Å². The lowest BCUT2D eigenvalue weighted by Gasteiger charge is -2.40. The van der Waals surface area contributed by atoms with Crippen LogP contribution >= 0.6 is 0 Å². The van der Waals surface area contributed by atoms with Crippen LogP contribution in [0.15, 0.2) is 36.4 Å². The molecule has 2 aromatic heterocycles. The second-order valence-corrected chi connectivity index (χ2v) is 9.73. The van der Waals surface area contributed by atoms with Gasteiger partial charge in [0.15, 0.2) is 5.65 Å². The molecule has 0 unspecified atom stereocenters. The monoisotopic (exact) mass is 490 g/mol. The fourth-order valence-electron chi connectivity index (χ4n) is 5.22. The van der Waals surface area contributed by atoms with Gasteiger partial charge in [0.05, 0.1) is 50.1 Å². The molecule has 0 bridgehead atoms. The summed E-state index contributed by atoms with van der Waals surface area (Å²) in [5.74, 6) is 1.03. The third-order valence-electron chi connectivity index (χ3n) is 7.21. The maximum absolute atomic E-state index is 11.7. The fourth-order valence-corrected chi connectivity index (χ4v) is 5.22. The van der Waals surface area contributed by atoms with Crippen molar-refractivity contribution in [2.45, 2.75) is 25.0 Å². The van der Waals surface area contributed by atoms with E-state index in [0.29, 0.717) is 63.3 Å². The average molecular weight is 491 g/mol. The van der Waals surface area contributed by atoms with Gasteiger partial charge in [0.2, 0.25) is 11.9 Å². The summed E-state index contributed by atoms with van der Waals surface area (Å²) in [5.41, 5.74) is 7.77. The van der Waals surface area contributed by atoms with E-state index in [-0.39, 0.29) is 11.6 Å². The van der Waals surface area contributed by atoms with Crippen molar-refractivity contribution < 1.29 is 19.0 Å². The van der Waals surface area contributed by atoms with Gasteiger partial charge in [-0.2, -0.15) is 9.97 Å². The molecule has 188 valence electrons. The molecule has 1 spiro atoms. The third-order valence-corrected chi connectivity index (χ3v) is 7.21. The minimum absolute atomic E-state index is 0.177. The molecule has 36 heavy (non-hydrogen) atoms. The first-order chi connectivity index (χ1) is 17.5. The first kappa shape index (κ1) is 23.1. The molecular formula is C26H30N6O4. The van der Waals surface area contributed by atoms with Crippen LogP contribution in [0.3, 0.4) is 0 Å². The molecule has 5 heterocycles. The zero-order valence-electron chi connectivity index (χ0n) is 20.4. The predicted octanol–water partition coefficient (Wildman–Crippen LogP) is 2.01. The lowest BCUT2D eigenvalue weighted by molar-refractivity contribution is -0.0583. The van der Waals surface area contributed by atoms with Crippen molar-refractivity contribution in [2.75, 3.05) is 62.5 Å². The van der Waals surface area contributed by atoms with E-state index in [1.54, 1.807) is 12.1 Å². The van der Waals surface area contributed by atoms with E-state index in [4.69, 9.17) is 34.9 Å². The van der Waals surface area contributed by atoms with Gasteiger partial charge < -0.3 is 29.7 Å². The van der Waals surface area contributed by atoms with Gasteiger partial charge in [-0.15, -0.1) is 0 Å². The maximum atomic E-state index is 11.7. The van der Waals surface area contributed by atoms with Crippen molar-refractivity contribution in [1.29, 1.82) is 0 Å². The molecule has 10 nitrogen and oxygen atoms in total. The molecule has 2 atom stereocenters. The van der Waals surface area contributed by atoms with Crippen LogP contribution in [0.5, 0.6) is 0 Å². The number of rotatable bonds is 4. The van der Waals surface area contributed by atoms with E-state index in [0.717, 1.165) is 35.4 Å². The highest BCUT2D eigenvalue weighted by atomic mass is 16.6. The number of carbonyl (C=O) groups excluding carboxylic acids is 1. The average Bonchev–Trinajstić information content (AvgIpc) is 3.35. The van der Waals surface area contributed by atoms with Crippen LogP contribution in [0.2, 0.25) is 0 Å². The van der Waals surface area contributed by atoms with Gasteiger partial charge in [-0.1, -0.05) is 12.1 Å². The van der Waals surface area contributed by atoms with Crippen LogP contribution in [0.1, 0.15) is 23.7 Å². The number of pyridine rings is 1. The smallest absolute Gasteiger partial charge is 0.248 e. The molecule has 3 aliphatic rings. The van der Waals surface area contributed by atoms with E-state index < -0.39 is 5.91 Å². The van der Waals surface area contributed by atoms with Crippen LogP contribution in [0.4, 0.5) is 11.8 Å². The lowest BCUT2D eigenvalue weighted by Crippen LogP contribution is -2.53. The number of anilines is 2. The van der Waals surface area contributed by atoms with Gasteiger partial charge in [0.1, 0.15) is 11.4 Å². The van der Waals surface area contributed by atoms with E-state index in [1.807, 2.05) is 24.3 Å². The van der Waals surface area contributed by atoms with Crippen molar-refractivity contribution in [1.82, 2.24) is 15.0 Å². The topological polar surface area (TPSA) is 116 Å². The Hall–Kier alpha value is -3.34. The SMILES string of the molecule is C[C@H]1COCCN1c1nc(N2CCO[C@]3(CCOC3)C2)nc2nc(-c3cccc(C(N)=O)c3)ccc12. The molecule has 1 aromatic carbocycles. The number of benzene rings is 1.